The maximum Gasteiger partial charge on any atom is 0.142 e. The number of halogens is 3. The van der Waals surface area contributed by atoms with Crippen LogP contribution in [-0.2, 0) is 6.42 Å². The van der Waals surface area contributed by atoms with Gasteiger partial charge in [-0.1, -0.05) is 44.0 Å². The summed E-state index contributed by atoms with van der Waals surface area (Å²) in [6.45, 7) is 6.37. The second-order valence-corrected chi connectivity index (χ2v) is 6.71. The lowest BCUT2D eigenvalue weighted by molar-refractivity contribution is 0.468. The quantitative estimate of drug-likeness (QED) is 0.520. The summed E-state index contributed by atoms with van der Waals surface area (Å²) >= 11 is 12.1. The van der Waals surface area contributed by atoms with Crippen molar-refractivity contribution in [2.45, 2.75) is 46.1 Å². The van der Waals surface area contributed by atoms with Crippen LogP contribution in [0.2, 0.25) is 10.0 Å². The highest BCUT2D eigenvalue weighted by atomic mass is 35.5. The fraction of sp³-hybridized carbons (Fsp3) is 0.389. The molecule has 1 aromatic carbocycles. The molecule has 3 rings (SSSR count). The van der Waals surface area contributed by atoms with E-state index in [2.05, 4.69) is 35.5 Å². The van der Waals surface area contributed by atoms with Crippen LogP contribution >= 0.6 is 23.2 Å². The smallest absolute Gasteiger partial charge is 0.142 e. The molecule has 0 atom stereocenters. The zero-order valence-corrected chi connectivity index (χ0v) is 15.9. The Morgan fingerprint density at radius 2 is 1.84 bits per heavy atom. The number of benzene rings is 1. The monoisotopic (exact) mass is 380 g/mol. The van der Waals surface area contributed by atoms with Gasteiger partial charge in [0, 0.05) is 18.0 Å². The summed E-state index contributed by atoms with van der Waals surface area (Å²) < 4.78 is 16.2. The zero-order valence-electron chi connectivity index (χ0n) is 14.4. The van der Waals surface area contributed by atoms with Gasteiger partial charge in [-0.15, -0.1) is 5.10 Å². The van der Waals surface area contributed by atoms with E-state index in [4.69, 9.17) is 28.2 Å². The van der Waals surface area contributed by atoms with Gasteiger partial charge in [-0.3, -0.25) is 0 Å². The lowest BCUT2D eigenvalue weighted by Gasteiger charge is -2.18. The highest BCUT2D eigenvalue weighted by molar-refractivity contribution is 6.36. The number of hydrogen-bond acceptors (Lipinski definition) is 3. The van der Waals surface area contributed by atoms with Crippen molar-refractivity contribution in [2.24, 2.45) is 0 Å². The Morgan fingerprint density at radius 3 is 2.48 bits per heavy atom. The highest BCUT2D eigenvalue weighted by Crippen LogP contribution is 2.35. The summed E-state index contributed by atoms with van der Waals surface area (Å²) in [7, 11) is 0. The normalized spacial score (nSPS) is 11.6. The van der Waals surface area contributed by atoms with Crippen molar-refractivity contribution in [1.82, 2.24) is 19.7 Å². The van der Waals surface area contributed by atoms with Gasteiger partial charge in [0.2, 0.25) is 0 Å². The van der Waals surface area contributed by atoms with Crippen molar-refractivity contribution < 1.29 is 4.39 Å². The number of rotatable bonds is 5. The Kier molecular flexibility index (Phi) is 5.25. The molecular weight excluding hydrogens is 362 g/mol. The van der Waals surface area contributed by atoms with Crippen LogP contribution in [0.5, 0.6) is 0 Å². The van der Waals surface area contributed by atoms with Gasteiger partial charge in [0.05, 0.1) is 21.8 Å². The number of aryl methyl sites for hydroxylation is 1. The molecule has 0 unspecified atom stereocenters. The average Bonchev–Trinajstić information content (AvgIpc) is 2.98. The standard InChI is InChI=1S/C18H19Cl2FN4/c1-4-10(5-2)25-15-9-22-24-17(18(15)23-16(25)6-3)11-7-14(21)13(20)8-12(11)19/h7-10H,4-6H2,1-3H3. The Bertz CT molecular complexity index is 919. The van der Waals surface area contributed by atoms with Crippen LogP contribution in [0.3, 0.4) is 0 Å². The molecule has 4 nitrogen and oxygen atoms in total. The maximum atomic E-state index is 14.0. The molecule has 25 heavy (non-hydrogen) atoms. The Morgan fingerprint density at radius 1 is 1.12 bits per heavy atom. The van der Waals surface area contributed by atoms with E-state index in [1.54, 1.807) is 6.20 Å². The van der Waals surface area contributed by atoms with Crippen molar-refractivity contribution in [3.05, 3.63) is 40.0 Å². The summed E-state index contributed by atoms with van der Waals surface area (Å²) in [6.07, 6.45) is 4.47. The van der Waals surface area contributed by atoms with Crippen molar-refractivity contribution in [3.63, 3.8) is 0 Å². The highest BCUT2D eigenvalue weighted by Gasteiger charge is 2.21. The number of fused-ring (bicyclic) bond motifs is 1. The third-order valence-corrected chi connectivity index (χ3v) is 5.07. The van der Waals surface area contributed by atoms with Gasteiger partial charge in [0.15, 0.2) is 0 Å². The fourth-order valence-corrected chi connectivity index (χ4v) is 3.65. The molecule has 0 saturated carbocycles. The van der Waals surface area contributed by atoms with Crippen LogP contribution in [0, 0.1) is 5.82 Å². The van der Waals surface area contributed by atoms with Gasteiger partial charge in [-0.25, -0.2) is 9.37 Å². The number of hydrogen-bond donors (Lipinski definition) is 0. The topological polar surface area (TPSA) is 43.6 Å². The van der Waals surface area contributed by atoms with Crippen molar-refractivity contribution >= 4 is 34.2 Å². The summed E-state index contributed by atoms with van der Waals surface area (Å²) in [5.74, 6) is 0.417. The third kappa shape index (κ3) is 3.11. The lowest BCUT2D eigenvalue weighted by Crippen LogP contribution is -2.10. The molecule has 3 aromatic rings. The first-order valence-corrected chi connectivity index (χ1v) is 9.14. The molecule has 0 aliphatic heterocycles. The van der Waals surface area contributed by atoms with E-state index in [0.29, 0.717) is 27.8 Å². The minimum Gasteiger partial charge on any atom is -0.324 e. The SMILES string of the molecule is CCc1nc2c(-c3cc(F)c(Cl)cc3Cl)nncc2n1C(CC)CC. The van der Waals surface area contributed by atoms with Crippen LogP contribution in [-0.4, -0.2) is 19.7 Å². The first kappa shape index (κ1) is 18.1. The molecule has 0 bridgehead atoms. The average molecular weight is 381 g/mol. The van der Waals surface area contributed by atoms with Gasteiger partial charge in [0.1, 0.15) is 22.9 Å². The Labute approximate surface area is 156 Å². The van der Waals surface area contributed by atoms with Crippen LogP contribution in [0.25, 0.3) is 22.3 Å². The van der Waals surface area contributed by atoms with Crippen molar-refractivity contribution in [1.29, 1.82) is 0 Å². The first-order chi connectivity index (χ1) is 12.0. The van der Waals surface area contributed by atoms with E-state index < -0.39 is 5.82 Å². The second-order valence-electron chi connectivity index (χ2n) is 5.90. The first-order valence-electron chi connectivity index (χ1n) is 8.39. The molecule has 2 aromatic heterocycles. The van der Waals surface area contributed by atoms with E-state index in [1.807, 2.05) is 0 Å². The predicted octanol–water partition coefficient (Wildman–Crippen LogP) is 5.86. The second kappa shape index (κ2) is 7.26. The molecule has 0 N–H and O–H groups in total. The minimum absolute atomic E-state index is 0.0225. The van der Waals surface area contributed by atoms with Gasteiger partial charge in [-0.05, 0) is 25.0 Å². The van der Waals surface area contributed by atoms with Crippen LogP contribution < -0.4 is 0 Å². The maximum absolute atomic E-state index is 14.0. The molecule has 7 heteroatoms. The summed E-state index contributed by atoms with van der Waals surface area (Å²) in [5, 5.41) is 8.61. The Hall–Kier alpha value is -1.72. The van der Waals surface area contributed by atoms with E-state index in [9.17, 15) is 4.39 Å². The molecule has 0 aliphatic rings. The third-order valence-electron chi connectivity index (χ3n) is 4.47. The van der Waals surface area contributed by atoms with E-state index in [0.717, 1.165) is 30.6 Å². The van der Waals surface area contributed by atoms with Crippen LogP contribution in [0.4, 0.5) is 4.39 Å². The molecule has 0 spiro atoms. The van der Waals surface area contributed by atoms with Gasteiger partial charge < -0.3 is 4.57 Å². The molecule has 0 radical (unpaired) electrons. The minimum atomic E-state index is -0.546. The predicted molar refractivity (Wildman–Crippen MR) is 99.7 cm³/mol. The molecule has 0 saturated heterocycles. The molecule has 132 valence electrons. The fourth-order valence-electron chi connectivity index (χ4n) is 3.18. The van der Waals surface area contributed by atoms with Crippen molar-refractivity contribution in [3.8, 4) is 11.3 Å². The molecule has 0 amide bonds. The zero-order chi connectivity index (χ0) is 18.1. The number of aromatic nitrogens is 4. The van der Waals surface area contributed by atoms with Crippen LogP contribution in [0.15, 0.2) is 18.3 Å². The number of imidazole rings is 1. The van der Waals surface area contributed by atoms with Gasteiger partial charge >= 0.3 is 0 Å². The van der Waals surface area contributed by atoms with Crippen molar-refractivity contribution in [2.75, 3.05) is 0 Å². The summed E-state index contributed by atoms with van der Waals surface area (Å²) in [5.41, 5.74) is 2.49. The molecule has 2 heterocycles. The van der Waals surface area contributed by atoms with Crippen LogP contribution in [0.1, 0.15) is 45.5 Å². The Balaban J connectivity index is 2.31. The van der Waals surface area contributed by atoms with Gasteiger partial charge in [-0.2, -0.15) is 5.10 Å². The summed E-state index contributed by atoms with van der Waals surface area (Å²) in [4.78, 5) is 4.76. The number of nitrogens with zero attached hydrogens (tertiary/aromatic N) is 4. The van der Waals surface area contributed by atoms with Gasteiger partial charge in [0.25, 0.3) is 0 Å². The van der Waals surface area contributed by atoms with E-state index in [1.165, 1.54) is 12.1 Å². The summed E-state index contributed by atoms with van der Waals surface area (Å²) in [6, 6.07) is 3.00. The largest absolute Gasteiger partial charge is 0.324 e. The van der Waals surface area contributed by atoms with E-state index >= 15 is 0 Å². The lowest BCUT2D eigenvalue weighted by atomic mass is 10.1. The molecule has 0 fully saturated rings. The molecule has 0 aliphatic carbocycles. The molecular formula is C18H19Cl2FN4. The van der Waals surface area contributed by atoms with E-state index in [-0.39, 0.29) is 5.02 Å².